The molecule has 0 saturated heterocycles. The number of nitrogens with two attached hydrogens (primary N) is 1. The molecule has 0 spiro atoms. The first-order chi connectivity index (χ1) is 34.7. The Bertz CT molecular complexity index is 3390. The van der Waals surface area contributed by atoms with Crippen LogP contribution in [-0.4, -0.2) is 99.5 Å². The SMILES string of the molecule is CC(C)(Br)C(=O)Nc1nc2c(C(F)(F)F)cc3c(cnn3C(=O)C(C)(C)Br)c2s1.COc1cc(N)ccc1Cl.COc1cc(NC(C)(C)C(=O)Nc2nc3c(C(F)(F)F)cc4[nH]ncc4c3s2)ccc1Cl.OCCO.[I-].[Na+]. The molecule has 8 aromatic rings. The molecule has 0 bridgehead atoms. The van der Waals surface area contributed by atoms with Gasteiger partial charge in [-0.2, -0.15) is 41.2 Å². The van der Waals surface area contributed by atoms with Crippen molar-refractivity contribution in [1.29, 1.82) is 0 Å². The van der Waals surface area contributed by atoms with Crippen molar-refractivity contribution < 1.29 is 114 Å². The number of methoxy groups -OCH3 is 2. The standard InChI is InChI=1S/C20H17ClF3N5O2S.C17H15Br2F3N4O2S.C7H8ClNO.C2H6O2.HI.Na/c1-19(2,28-9-4-5-12(21)14(6-9)31-3)17(30)27-18-26-15-11(20(22,23)24)7-13-10(8-25-29-13)16(15)32-18;1-15(2,18)12(27)25-14-24-10-8(17(20,21)22)5-9-7(11(10)29-14)6-23-26(9)13(28)16(3,4)19;1-10-7-4-5(9)2-3-6(7)8;3-1-2-4;;/h4-8,28H,1-3H3,(H,25,29)(H,26,27,30);5-6H,1-4H3,(H,24,25,27);2-4H,9H2,1H3;3-4H,1-2H2;1H;/q;;;;;+1/p-1. The number of aromatic amines is 1. The van der Waals surface area contributed by atoms with E-state index in [0.29, 0.717) is 43.7 Å². The van der Waals surface area contributed by atoms with E-state index in [2.05, 4.69) is 73.1 Å². The van der Waals surface area contributed by atoms with Gasteiger partial charge in [-0.3, -0.25) is 24.8 Å². The monoisotopic (exact) mass is 1410 g/mol. The van der Waals surface area contributed by atoms with Crippen LogP contribution in [0.2, 0.25) is 10.0 Å². The van der Waals surface area contributed by atoms with Gasteiger partial charge in [-0.05, 0) is 77.9 Å². The number of alkyl halides is 8. The Morgan fingerprint density at radius 2 is 1.23 bits per heavy atom. The average molecular weight is 1410 g/mol. The first kappa shape index (κ1) is 67.5. The van der Waals surface area contributed by atoms with Crippen LogP contribution in [0, 0.1) is 0 Å². The Kier molecular flexibility index (Phi) is 23.7. The number of carbonyl (C=O) groups excluding carboxylic acids is 3. The number of thiazole rings is 2. The van der Waals surface area contributed by atoms with Crippen LogP contribution in [0.4, 0.5) is 48.0 Å². The molecule has 412 valence electrons. The van der Waals surface area contributed by atoms with E-state index >= 15 is 0 Å². The van der Waals surface area contributed by atoms with E-state index in [1.807, 2.05) is 0 Å². The Hall–Kier alpha value is -3.82. The van der Waals surface area contributed by atoms with Crippen LogP contribution in [0.25, 0.3) is 42.2 Å². The number of hydrogen-bond acceptors (Lipinski definition) is 15. The minimum atomic E-state index is -4.71. The van der Waals surface area contributed by atoms with E-state index in [1.54, 1.807) is 85.1 Å². The number of aromatic nitrogens is 6. The zero-order valence-electron chi connectivity index (χ0n) is 41.9. The number of H-pyrrole nitrogens is 1. The fraction of sp³-hybridized carbons (Fsp3) is 0.326. The summed E-state index contributed by atoms with van der Waals surface area (Å²) in [5, 5.41) is 35.7. The predicted molar refractivity (Wildman–Crippen MR) is 288 cm³/mol. The van der Waals surface area contributed by atoms with E-state index in [-0.39, 0.29) is 108 Å². The number of ether oxygens (including phenoxy) is 2. The quantitative estimate of drug-likeness (QED) is 0.0266. The molecule has 8 rings (SSSR count). The summed E-state index contributed by atoms with van der Waals surface area (Å²) in [6.07, 6.45) is -6.56. The van der Waals surface area contributed by atoms with Crippen LogP contribution in [0.5, 0.6) is 11.5 Å². The van der Waals surface area contributed by atoms with Crippen molar-refractivity contribution in [2.75, 3.05) is 49.1 Å². The summed E-state index contributed by atoms with van der Waals surface area (Å²) in [5.74, 6) is -0.403. The number of nitrogens with one attached hydrogen (secondary N) is 4. The van der Waals surface area contributed by atoms with Gasteiger partial charge in [0.25, 0.3) is 11.8 Å². The number of fused-ring (bicyclic) bond motifs is 6. The Morgan fingerprint density at radius 3 is 1.71 bits per heavy atom. The third-order valence-corrected chi connectivity index (χ3v) is 13.4. The Balaban J connectivity index is 0.000000319. The van der Waals surface area contributed by atoms with Crippen molar-refractivity contribution in [2.45, 2.75) is 68.1 Å². The molecule has 31 heteroatoms. The second-order valence-corrected chi connectivity index (χ2v) is 23.9. The zero-order chi connectivity index (χ0) is 56.2. The topological polar surface area (TPSA) is 245 Å². The van der Waals surface area contributed by atoms with Crippen LogP contribution >= 0.6 is 77.7 Å². The zero-order valence-corrected chi connectivity index (χ0v) is 52.4. The molecular formula is C46H46Br2Cl2F6IN10NaO7S2. The normalized spacial score (nSPS) is 11.7. The Morgan fingerprint density at radius 1 is 0.740 bits per heavy atom. The molecule has 4 heterocycles. The van der Waals surface area contributed by atoms with Crippen molar-refractivity contribution in [1.82, 2.24) is 29.9 Å². The maximum absolute atomic E-state index is 13.7. The summed E-state index contributed by atoms with van der Waals surface area (Å²) < 4.78 is 91.4. The number of carbonyl (C=O) groups is 3. The van der Waals surface area contributed by atoms with Gasteiger partial charge in [0.2, 0.25) is 5.91 Å². The summed E-state index contributed by atoms with van der Waals surface area (Å²) in [7, 11) is 3.03. The molecule has 0 aliphatic rings. The molecule has 17 nitrogen and oxygen atoms in total. The maximum atomic E-state index is 13.7. The smallest absolute Gasteiger partial charge is 1.00 e. The van der Waals surface area contributed by atoms with Gasteiger partial charge in [-0.25, -0.2) is 9.97 Å². The number of halogens is 11. The minimum absolute atomic E-state index is 0. The van der Waals surface area contributed by atoms with Crippen molar-refractivity contribution in [3.8, 4) is 11.5 Å². The summed E-state index contributed by atoms with van der Waals surface area (Å²) in [5.41, 5.74) is 3.39. The maximum Gasteiger partial charge on any atom is 1.00 e. The molecule has 0 aliphatic heterocycles. The van der Waals surface area contributed by atoms with Gasteiger partial charge >= 0.3 is 41.9 Å². The van der Waals surface area contributed by atoms with Crippen LogP contribution in [0.15, 0.2) is 60.9 Å². The summed E-state index contributed by atoms with van der Waals surface area (Å²) in [4.78, 5) is 45.8. The number of benzene rings is 4. The summed E-state index contributed by atoms with van der Waals surface area (Å²) in [6.45, 7) is 9.38. The fourth-order valence-electron chi connectivity index (χ4n) is 6.33. The molecule has 2 amide bonds. The number of nitrogens with zero attached hydrogens (tertiary/aromatic N) is 5. The molecular weight excluding hydrogens is 1360 g/mol. The summed E-state index contributed by atoms with van der Waals surface area (Å²) >= 11 is 20.0. The van der Waals surface area contributed by atoms with Crippen LogP contribution in [-0.2, 0) is 21.9 Å². The largest absolute Gasteiger partial charge is 1.00 e. The van der Waals surface area contributed by atoms with E-state index < -0.39 is 55.4 Å². The van der Waals surface area contributed by atoms with Gasteiger partial charge in [-0.1, -0.05) is 77.7 Å². The van der Waals surface area contributed by atoms with Gasteiger partial charge in [0.1, 0.15) is 21.4 Å². The molecule has 0 aliphatic carbocycles. The van der Waals surface area contributed by atoms with Crippen LogP contribution in [0.3, 0.4) is 0 Å². The molecule has 0 saturated carbocycles. The second-order valence-electron chi connectivity index (χ2n) is 17.2. The first-order valence-electron chi connectivity index (χ1n) is 21.5. The number of amides is 2. The number of nitrogen functional groups attached to an aromatic ring is 1. The average Bonchev–Trinajstić information content (AvgIpc) is 4.14. The van der Waals surface area contributed by atoms with Crippen LogP contribution in [0.1, 0.15) is 57.5 Å². The van der Waals surface area contributed by atoms with Crippen molar-refractivity contribution in [3.05, 3.63) is 82.1 Å². The number of rotatable bonds is 10. The summed E-state index contributed by atoms with van der Waals surface area (Å²) in [6, 6.07) is 11.9. The molecule has 8 N–H and O–H groups in total. The number of aliphatic hydroxyl groups excluding tert-OH is 2. The molecule has 0 unspecified atom stereocenters. The Labute approximate surface area is 509 Å². The van der Waals surface area contributed by atoms with E-state index in [9.17, 15) is 40.7 Å². The third kappa shape index (κ3) is 16.9. The molecule has 4 aromatic carbocycles. The third-order valence-electron chi connectivity index (χ3n) is 10.0. The fourth-order valence-corrected chi connectivity index (χ4v) is 8.98. The molecule has 0 radical (unpaired) electrons. The second kappa shape index (κ2) is 27.1. The van der Waals surface area contributed by atoms with Crippen LogP contribution < -0.4 is 84.7 Å². The van der Waals surface area contributed by atoms with E-state index in [1.165, 1.54) is 19.5 Å². The molecule has 0 fully saturated rings. The van der Waals surface area contributed by atoms with Gasteiger partial charge in [-0.15, -0.1) is 0 Å². The van der Waals surface area contributed by atoms with Crippen molar-refractivity contribution in [2.24, 2.45) is 0 Å². The van der Waals surface area contributed by atoms with E-state index in [4.69, 9.17) is 48.6 Å². The van der Waals surface area contributed by atoms with Gasteiger partial charge in [0.05, 0.1) is 96.8 Å². The molecule has 4 aromatic heterocycles. The molecule has 77 heavy (non-hydrogen) atoms. The number of hydrogen-bond donors (Lipinski definition) is 7. The predicted octanol–water partition coefficient (Wildman–Crippen LogP) is 6.18. The number of anilines is 4. The molecule has 0 atom stereocenters. The van der Waals surface area contributed by atoms with E-state index in [0.717, 1.165) is 39.5 Å². The first-order valence-corrected chi connectivity index (χ1v) is 25.4. The van der Waals surface area contributed by atoms with Gasteiger partial charge in [0, 0.05) is 34.3 Å². The van der Waals surface area contributed by atoms with Gasteiger partial charge < -0.3 is 60.0 Å². The van der Waals surface area contributed by atoms with Crippen molar-refractivity contribution >= 4 is 159 Å². The van der Waals surface area contributed by atoms with Crippen molar-refractivity contribution in [3.63, 3.8) is 0 Å². The minimum Gasteiger partial charge on any atom is -1.00 e. The van der Waals surface area contributed by atoms with Gasteiger partial charge in [0.15, 0.2) is 10.3 Å². The number of aliphatic hydroxyl groups is 2.